The second kappa shape index (κ2) is 19.8. The van der Waals surface area contributed by atoms with Crippen molar-refractivity contribution < 1.29 is 0 Å². The lowest BCUT2D eigenvalue weighted by Gasteiger charge is -2.23. The van der Waals surface area contributed by atoms with E-state index in [0.29, 0.717) is 0 Å². The molecular formula is C72H59N. The van der Waals surface area contributed by atoms with Gasteiger partial charge >= 0.3 is 0 Å². The van der Waals surface area contributed by atoms with Crippen LogP contribution in [0, 0.1) is 0 Å². The molecular weight excluding hydrogens is 879 g/mol. The molecule has 0 spiro atoms. The lowest BCUT2D eigenvalue weighted by Crippen LogP contribution is -2.15. The zero-order valence-corrected chi connectivity index (χ0v) is 42.4. The molecule has 0 saturated heterocycles. The van der Waals surface area contributed by atoms with Gasteiger partial charge < -0.3 is 4.57 Å². The summed E-state index contributed by atoms with van der Waals surface area (Å²) in [6, 6.07) is 80.3. The Morgan fingerprint density at radius 2 is 1.05 bits per heavy atom. The fourth-order valence-electron chi connectivity index (χ4n) is 11.1. The highest BCUT2D eigenvalue weighted by Crippen LogP contribution is 2.53. The maximum atomic E-state index is 3.52. The van der Waals surface area contributed by atoms with Gasteiger partial charge in [-0.15, -0.1) is 0 Å². The summed E-state index contributed by atoms with van der Waals surface area (Å²) in [5, 5.41) is 2.51. The van der Waals surface area contributed by atoms with Crippen molar-refractivity contribution in [3.05, 3.63) is 305 Å². The van der Waals surface area contributed by atoms with Crippen LogP contribution in [0.1, 0.15) is 73.6 Å². The molecule has 0 fully saturated rings. The monoisotopic (exact) mass is 937 g/mol. The predicted molar refractivity (Wildman–Crippen MR) is 315 cm³/mol. The quantitative estimate of drug-likeness (QED) is 0.134. The van der Waals surface area contributed by atoms with Crippen molar-refractivity contribution in [1.29, 1.82) is 0 Å². The van der Waals surface area contributed by atoms with Gasteiger partial charge in [-0.05, 0) is 158 Å². The van der Waals surface area contributed by atoms with Crippen molar-refractivity contribution in [2.24, 2.45) is 0 Å². The Hall–Kier alpha value is -8.78. The highest BCUT2D eigenvalue weighted by Gasteiger charge is 2.38. The van der Waals surface area contributed by atoms with E-state index >= 15 is 0 Å². The van der Waals surface area contributed by atoms with Crippen molar-refractivity contribution in [3.63, 3.8) is 0 Å². The SMILES string of the molecule is C/C=C/C=C1\C(=C/c2ccc3c(c2)C(=C(c2ccccc2)c2ccccc2)c2ccccc2-3)C(C)(C)c2cc(-c3ccc4c(c3)c3ccccc3n4-c3ccc(-c4ccccc4)cc3)ccc21.C=CC=C(C)C. The molecule has 0 radical (unpaired) electrons. The molecule has 1 heteroatoms. The zero-order valence-electron chi connectivity index (χ0n) is 42.4. The number of benzene rings is 9. The van der Waals surface area contributed by atoms with Gasteiger partial charge in [-0.2, -0.15) is 0 Å². The second-order valence-electron chi connectivity index (χ2n) is 19.9. The van der Waals surface area contributed by atoms with Gasteiger partial charge in [-0.1, -0.05) is 238 Å². The normalized spacial score (nSPS) is 14.2. The van der Waals surface area contributed by atoms with Crippen molar-refractivity contribution >= 4 is 44.6 Å². The largest absolute Gasteiger partial charge is 0.309 e. The Labute approximate surface area is 431 Å². The summed E-state index contributed by atoms with van der Waals surface area (Å²) in [6.45, 7) is 14.5. The molecule has 1 nitrogen and oxygen atoms in total. The number of para-hydroxylation sites is 1. The number of rotatable bonds is 8. The fourth-order valence-corrected chi connectivity index (χ4v) is 11.1. The van der Waals surface area contributed by atoms with Gasteiger partial charge in [0.15, 0.2) is 0 Å². The molecule has 0 unspecified atom stereocenters. The maximum absolute atomic E-state index is 3.52. The smallest absolute Gasteiger partial charge is 0.0541 e. The first-order valence-corrected chi connectivity index (χ1v) is 25.5. The number of hydrogen-bond donors (Lipinski definition) is 0. The van der Waals surface area contributed by atoms with Crippen LogP contribution < -0.4 is 0 Å². The van der Waals surface area contributed by atoms with Gasteiger partial charge in [0.05, 0.1) is 11.0 Å². The van der Waals surface area contributed by atoms with Crippen molar-refractivity contribution in [1.82, 2.24) is 4.57 Å². The molecule has 0 N–H and O–H groups in total. The van der Waals surface area contributed by atoms with Crippen LogP contribution >= 0.6 is 0 Å². The van der Waals surface area contributed by atoms with E-state index < -0.39 is 0 Å². The maximum Gasteiger partial charge on any atom is 0.0541 e. The molecule has 0 saturated carbocycles. The Balaban J connectivity index is 0.000000904. The van der Waals surface area contributed by atoms with E-state index in [9.17, 15) is 0 Å². The second-order valence-corrected chi connectivity index (χ2v) is 19.9. The van der Waals surface area contributed by atoms with Crippen LogP contribution in [0.3, 0.4) is 0 Å². The summed E-state index contributed by atoms with van der Waals surface area (Å²) >= 11 is 0. The van der Waals surface area contributed by atoms with E-state index in [1.807, 2.05) is 19.9 Å². The van der Waals surface area contributed by atoms with E-state index in [1.54, 1.807) is 6.08 Å². The third-order valence-corrected chi connectivity index (χ3v) is 14.6. The van der Waals surface area contributed by atoms with Gasteiger partial charge in [0.25, 0.3) is 0 Å². The minimum Gasteiger partial charge on any atom is -0.309 e. The summed E-state index contributed by atoms with van der Waals surface area (Å²) in [6.07, 6.45) is 12.8. The molecule has 2 aliphatic rings. The Morgan fingerprint density at radius 1 is 0.493 bits per heavy atom. The van der Waals surface area contributed by atoms with E-state index in [4.69, 9.17) is 0 Å². The van der Waals surface area contributed by atoms with Crippen LogP contribution in [0.5, 0.6) is 0 Å². The molecule has 9 aromatic carbocycles. The molecule has 1 heterocycles. The topological polar surface area (TPSA) is 4.93 Å². The van der Waals surface area contributed by atoms with E-state index in [0.717, 1.165) is 5.69 Å². The Kier molecular flexibility index (Phi) is 12.6. The van der Waals surface area contributed by atoms with Crippen LogP contribution in [-0.4, -0.2) is 4.57 Å². The van der Waals surface area contributed by atoms with Crippen LogP contribution in [0.4, 0.5) is 0 Å². The number of hydrogen-bond acceptors (Lipinski definition) is 0. The lowest BCUT2D eigenvalue weighted by molar-refractivity contribution is 0.665. The Bertz CT molecular complexity index is 3820. The minimum absolute atomic E-state index is 0.259. The molecule has 1 aromatic heterocycles. The molecule has 0 aliphatic heterocycles. The summed E-state index contributed by atoms with van der Waals surface area (Å²) in [5.74, 6) is 0. The lowest BCUT2D eigenvalue weighted by atomic mass is 9.80. The molecule has 12 rings (SSSR count). The first-order valence-electron chi connectivity index (χ1n) is 25.5. The van der Waals surface area contributed by atoms with Crippen LogP contribution in [-0.2, 0) is 5.41 Å². The van der Waals surface area contributed by atoms with Crippen molar-refractivity contribution in [2.75, 3.05) is 0 Å². The molecule has 0 amide bonds. The number of nitrogens with zero attached hydrogens (tertiary/aromatic N) is 1. The Morgan fingerprint density at radius 3 is 1.73 bits per heavy atom. The van der Waals surface area contributed by atoms with Gasteiger partial charge in [-0.25, -0.2) is 0 Å². The summed E-state index contributed by atoms with van der Waals surface area (Å²) in [5.41, 5.74) is 26.0. The number of fused-ring (bicyclic) bond motifs is 7. The highest BCUT2D eigenvalue weighted by molar-refractivity contribution is 6.14. The standard InChI is InChI=1S/C66H49N.C6H10/c1-4-5-25-54-55-38-33-50(49-34-39-63-58(42-49)56-27-17-18-29-62(56)67(63)51-35-31-46(32-36-51)45-19-9-6-10-20-45)43-61(55)66(2,3)60(54)41-44-30-37-53-52-26-15-16-28-57(52)65(59(53)40-44)64(47-21-11-7-12-22-47)48-23-13-8-14-24-48;1-4-5-6(2)3/h4-43H,1-3H3;4-5H,1H2,2-3H3/b5-4+,54-25-,60-41+;. The van der Waals surface area contributed by atoms with Crippen molar-refractivity contribution in [3.8, 4) is 39.1 Å². The summed E-state index contributed by atoms with van der Waals surface area (Å²) in [4.78, 5) is 0. The van der Waals surface area contributed by atoms with E-state index in [1.165, 1.54) is 122 Å². The molecule has 10 aromatic rings. The minimum atomic E-state index is -0.259. The van der Waals surface area contributed by atoms with Gasteiger partial charge in [0.2, 0.25) is 0 Å². The fraction of sp³-hybridized carbons (Fsp3) is 0.0833. The molecule has 352 valence electrons. The average molecular weight is 938 g/mol. The summed E-state index contributed by atoms with van der Waals surface area (Å²) in [7, 11) is 0. The average Bonchev–Trinajstić information content (AvgIpc) is 4.00. The van der Waals surface area contributed by atoms with Gasteiger partial charge in [0.1, 0.15) is 0 Å². The van der Waals surface area contributed by atoms with Crippen LogP contribution in [0.15, 0.2) is 266 Å². The first kappa shape index (κ1) is 46.6. The molecule has 0 bridgehead atoms. The van der Waals surface area contributed by atoms with Crippen LogP contribution in [0.25, 0.3) is 83.7 Å². The van der Waals surface area contributed by atoms with E-state index in [-0.39, 0.29) is 5.41 Å². The molecule has 73 heavy (non-hydrogen) atoms. The molecule has 0 atom stereocenters. The highest BCUT2D eigenvalue weighted by atomic mass is 15.0. The number of aromatic nitrogens is 1. The van der Waals surface area contributed by atoms with E-state index in [2.05, 4.69) is 275 Å². The predicted octanol–water partition coefficient (Wildman–Crippen LogP) is 19.6. The third kappa shape index (κ3) is 8.68. The van der Waals surface area contributed by atoms with Gasteiger partial charge in [0, 0.05) is 21.9 Å². The number of allylic oxidation sites excluding steroid dienone is 8. The zero-order chi connectivity index (χ0) is 50.1. The molecule has 2 aliphatic carbocycles. The van der Waals surface area contributed by atoms with Gasteiger partial charge in [-0.3, -0.25) is 0 Å². The summed E-state index contributed by atoms with van der Waals surface area (Å²) < 4.78 is 2.41. The van der Waals surface area contributed by atoms with Crippen LogP contribution in [0.2, 0.25) is 0 Å². The first-order chi connectivity index (χ1) is 35.7. The third-order valence-electron chi connectivity index (χ3n) is 14.6. The van der Waals surface area contributed by atoms with Crippen molar-refractivity contribution in [2.45, 2.75) is 40.0 Å².